The molecule has 2 aliphatic rings. The molecule has 29 heavy (non-hydrogen) atoms. The maximum atomic E-state index is 12.8. The van der Waals surface area contributed by atoms with Crippen LogP contribution in [0.2, 0.25) is 0 Å². The van der Waals surface area contributed by atoms with Crippen molar-refractivity contribution in [3.63, 3.8) is 0 Å². The number of hydrogen-bond donors (Lipinski definition) is 3. The summed E-state index contributed by atoms with van der Waals surface area (Å²) in [6, 6.07) is -0.850. The molecule has 4 N–H and O–H groups in total. The summed E-state index contributed by atoms with van der Waals surface area (Å²) in [6.07, 6.45) is 4.28. The van der Waals surface area contributed by atoms with E-state index in [9.17, 15) is 19.5 Å². The third kappa shape index (κ3) is 4.53. The number of nitrogens with one attached hydrogen (secondary N) is 1. The van der Waals surface area contributed by atoms with Gasteiger partial charge in [-0.1, -0.05) is 24.9 Å². The van der Waals surface area contributed by atoms with E-state index in [1.165, 1.54) is 22.7 Å². The minimum Gasteiger partial charge on any atom is -0.477 e. The van der Waals surface area contributed by atoms with E-state index >= 15 is 0 Å². The number of carbonyl (C=O) groups is 3. The molecule has 10 nitrogen and oxygen atoms in total. The molecule has 1 fully saturated rings. The molecular formula is C17H21N5O5S2. The second-order valence-corrected chi connectivity index (χ2v) is 8.37. The lowest BCUT2D eigenvalue weighted by atomic mass is 10.0. The molecule has 0 saturated carbocycles. The number of unbranched alkanes of at least 4 members (excludes halogenated alkanes) is 2. The fourth-order valence-corrected chi connectivity index (χ4v) is 4.62. The number of carboxylic acid groups (broad SMARTS) is 1. The number of carbonyl (C=O) groups excluding carboxylic acids is 2. The number of amides is 2. The molecule has 156 valence electrons. The average molecular weight is 440 g/mol. The number of thioether (sulfide) groups is 1. The molecule has 1 aromatic rings. The summed E-state index contributed by atoms with van der Waals surface area (Å²) in [5, 5.41) is 17.2. The zero-order valence-corrected chi connectivity index (χ0v) is 17.3. The Bertz CT molecular complexity index is 868. The van der Waals surface area contributed by atoms with Crippen LogP contribution >= 0.6 is 23.1 Å². The van der Waals surface area contributed by atoms with Gasteiger partial charge in [0.05, 0.1) is 0 Å². The first-order valence-corrected chi connectivity index (χ1v) is 11.0. The van der Waals surface area contributed by atoms with Crippen LogP contribution in [0.4, 0.5) is 5.13 Å². The van der Waals surface area contributed by atoms with Crippen molar-refractivity contribution >= 4 is 51.7 Å². The number of aliphatic carboxylic acids is 1. The number of hydrogen-bond acceptors (Lipinski definition) is 9. The summed E-state index contributed by atoms with van der Waals surface area (Å²) in [5.41, 5.74) is 5.77. The molecule has 3 rings (SSSR count). The van der Waals surface area contributed by atoms with Gasteiger partial charge < -0.3 is 21.0 Å². The summed E-state index contributed by atoms with van der Waals surface area (Å²) in [4.78, 5) is 47.0. The second kappa shape index (κ2) is 9.27. The lowest BCUT2D eigenvalue weighted by molar-refractivity contribution is -0.150. The molecule has 3 heterocycles. The molecule has 1 saturated heterocycles. The zero-order valence-electron chi connectivity index (χ0n) is 15.7. The van der Waals surface area contributed by atoms with Crippen LogP contribution in [-0.2, 0) is 19.2 Å². The number of rotatable bonds is 9. The van der Waals surface area contributed by atoms with Crippen molar-refractivity contribution in [2.75, 3.05) is 18.1 Å². The monoisotopic (exact) mass is 439 g/mol. The van der Waals surface area contributed by atoms with Gasteiger partial charge in [-0.15, -0.1) is 23.1 Å². The van der Waals surface area contributed by atoms with Crippen molar-refractivity contribution in [1.82, 2.24) is 15.2 Å². The molecular weight excluding hydrogens is 418 g/mol. The maximum Gasteiger partial charge on any atom is 0.352 e. The Kier molecular flexibility index (Phi) is 6.75. The average Bonchev–Trinajstić information content (AvgIpc) is 3.13. The van der Waals surface area contributed by atoms with Crippen LogP contribution in [0.15, 0.2) is 22.3 Å². The highest BCUT2D eigenvalue weighted by Crippen LogP contribution is 2.37. The van der Waals surface area contributed by atoms with E-state index in [4.69, 9.17) is 10.6 Å². The van der Waals surface area contributed by atoms with Crippen LogP contribution in [0.1, 0.15) is 31.9 Å². The molecule has 2 aliphatic heterocycles. The van der Waals surface area contributed by atoms with Gasteiger partial charge in [0, 0.05) is 11.1 Å². The fourth-order valence-electron chi connectivity index (χ4n) is 2.88. The van der Waals surface area contributed by atoms with Crippen LogP contribution in [0.3, 0.4) is 0 Å². The third-order valence-corrected chi connectivity index (χ3v) is 6.18. The summed E-state index contributed by atoms with van der Waals surface area (Å²) in [7, 11) is 0. The zero-order chi connectivity index (χ0) is 21.0. The van der Waals surface area contributed by atoms with Crippen molar-refractivity contribution in [2.45, 2.75) is 37.6 Å². The Morgan fingerprint density at radius 1 is 1.48 bits per heavy atom. The summed E-state index contributed by atoms with van der Waals surface area (Å²) in [6.45, 7) is 2.42. The summed E-state index contributed by atoms with van der Waals surface area (Å²) in [5.74, 6) is -1.85. The van der Waals surface area contributed by atoms with Crippen molar-refractivity contribution < 1.29 is 24.3 Å². The van der Waals surface area contributed by atoms with Crippen molar-refractivity contribution in [3.05, 3.63) is 22.8 Å². The highest BCUT2D eigenvalue weighted by atomic mass is 32.2. The maximum absolute atomic E-state index is 12.8. The van der Waals surface area contributed by atoms with Gasteiger partial charge >= 0.3 is 5.97 Å². The van der Waals surface area contributed by atoms with Gasteiger partial charge in [0.2, 0.25) is 0 Å². The molecule has 0 aromatic carbocycles. The Balaban J connectivity index is 1.70. The smallest absolute Gasteiger partial charge is 0.352 e. The van der Waals surface area contributed by atoms with E-state index in [0.717, 1.165) is 30.6 Å². The molecule has 1 unspecified atom stereocenters. The number of fused-ring (bicyclic) bond motifs is 1. The van der Waals surface area contributed by atoms with Gasteiger partial charge in [0.1, 0.15) is 29.4 Å². The SMILES string of the molecule is CCCCCON=C(C(=O)NC1C(=O)N2C(C(=O)O)=CCS[C@H]12)c1csc(N)n1. The van der Waals surface area contributed by atoms with Gasteiger partial charge in [0.15, 0.2) is 10.8 Å². The molecule has 2 atom stereocenters. The first kappa shape index (κ1) is 21.1. The number of carboxylic acids is 1. The quantitative estimate of drug-likeness (QED) is 0.223. The van der Waals surface area contributed by atoms with Crippen LogP contribution in [0.5, 0.6) is 0 Å². The normalized spacial score (nSPS) is 21.1. The van der Waals surface area contributed by atoms with Crippen LogP contribution in [-0.4, -0.2) is 62.3 Å². The van der Waals surface area contributed by atoms with Crippen LogP contribution in [0.25, 0.3) is 0 Å². The number of oxime groups is 1. The minimum atomic E-state index is -1.17. The summed E-state index contributed by atoms with van der Waals surface area (Å²) >= 11 is 2.53. The third-order valence-electron chi connectivity index (χ3n) is 4.33. The van der Waals surface area contributed by atoms with Crippen LogP contribution < -0.4 is 11.1 Å². The second-order valence-electron chi connectivity index (χ2n) is 6.33. The van der Waals surface area contributed by atoms with E-state index in [0.29, 0.717) is 12.4 Å². The Morgan fingerprint density at radius 2 is 2.28 bits per heavy atom. The van der Waals surface area contributed by atoms with Gasteiger partial charge in [0.25, 0.3) is 11.8 Å². The Labute approximate surface area is 175 Å². The van der Waals surface area contributed by atoms with E-state index in [-0.39, 0.29) is 22.2 Å². The largest absolute Gasteiger partial charge is 0.477 e. The lowest BCUT2D eigenvalue weighted by Crippen LogP contribution is -2.70. The number of nitrogens with zero attached hydrogens (tertiary/aromatic N) is 3. The van der Waals surface area contributed by atoms with E-state index in [1.807, 2.05) is 0 Å². The predicted molar refractivity (Wildman–Crippen MR) is 109 cm³/mol. The predicted octanol–water partition coefficient (Wildman–Crippen LogP) is 1.00. The molecule has 1 aromatic heterocycles. The lowest BCUT2D eigenvalue weighted by Gasteiger charge is -2.48. The van der Waals surface area contributed by atoms with E-state index in [1.54, 1.807) is 5.38 Å². The molecule has 0 aliphatic carbocycles. The molecule has 12 heteroatoms. The van der Waals surface area contributed by atoms with E-state index < -0.39 is 29.2 Å². The van der Waals surface area contributed by atoms with Gasteiger partial charge in [-0.2, -0.15) is 0 Å². The highest BCUT2D eigenvalue weighted by Gasteiger charge is 2.53. The minimum absolute atomic E-state index is 0.0651. The Hall–Kier alpha value is -2.60. The number of aromatic nitrogens is 1. The molecule has 2 amide bonds. The van der Waals surface area contributed by atoms with Crippen molar-refractivity contribution in [3.8, 4) is 0 Å². The number of anilines is 1. The fraction of sp³-hybridized carbons (Fsp3) is 0.471. The van der Waals surface area contributed by atoms with Gasteiger partial charge in [-0.05, 0) is 12.5 Å². The first-order valence-electron chi connectivity index (χ1n) is 9.04. The standard InChI is InChI=1S/C17H21N5O5S2/c1-2-3-4-6-27-21-11(9-8-29-17(18)19-9)13(23)20-12-14(24)22-10(16(25)26)5-7-28-15(12)22/h5,8,12,15H,2-4,6-7H2,1H3,(H2,18,19)(H,20,23)(H,25,26)/t12?,15-/m1/s1. The highest BCUT2D eigenvalue weighted by molar-refractivity contribution is 8.00. The van der Waals surface area contributed by atoms with Gasteiger partial charge in [-0.25, -0.2) is 9.78 Å². The molecule has 0 radical (unpaired) electrons. The number of nitrogen functional groups attached to an aromatic ring is 1. The first-order chi connectivity index (χ1) is 13.9. The summed E-state index contributed by atoms with van der Waals surface area (Å²) < 4.78 is 0. The number of thiazole rings is 1. The van der Waals surface area contributed by atoms with E-state index in [2.05, 4.69) is 22.4 Å². The number of β-lactam (4-membered cyclic amide) rings is 1. The Morgan fingerprint density at radius 3 is 2.93 bits per heavy atom. The van der Waals surface area contributed by atoms with Crippen molar-refractivity contribution in [2.24, 2.45) is 5.16 Å². The molecule has 0 bridgehead atoms. The van der Waals surface area contributed by atoms with Crippen LogP contribution in [0, 0.1) is 0 Å². The van der Waals surface area contributed by atoms with Gasteiger partial charge in [-0.3, -0.25) is 14.5 Å². The van der Waals surface area contributed by atoms with Crippen molar-refractivity contribution in [1.29, 1.82) is 0 Å². The molecule has 0 spiro atoms. The topological polar surface area (TPSA) is 147 Å². The number of nitrogens with two attached hydrogens (primary N) is 1.